The Morgan fingerprint density at radius 2 is 0.797 bits per heavy atom. The van der Waals surface area contributed by atoms with E-state index in [0.717, 1.165) is 34.1 Å². The molecule has 2 heterocycles. The molecule has 284 valence electrons. The van der Waals surface area contributed by atoms with Crippen LogP contribution in [0.4, 0.5) is 17.1 Å². The van der Waals surface area contributed by atoms with E-state index >= 15 is 0 Å². The zero-order valence-electron chi connectivity index (χ0n) is 33.0. The summed E-state index contributed by atoms with van der Waals surface area (Å²) in [5.74, 6) is 5.10. The lowest BCUT2D eigenvalue weighted by Gasteiger charge is -2.64. The molecule has 8 aromatic rings. The van der Waals surface area contributed by atoms with Gasteiger partial charge in [0, 0.05) is 27.8 Å². The molecule has 1 spiro atoms. The lowest BCUT2D eigenvalue weighted by molar-refractivity contribution is -0.0419. The molecule has 4 saturated carbocycles. The van der Waals surface area contributed by atoms with E-state index in [-0.39, 0.29) is 5.41 Å². The standard InChI is InChI=1S/C55H44N4/c1-4-14-38(15-5-1)52-56-53(39-16-6-2-7-17-39)58-54(57-52)44-21-13-20-42(34-44)40-18-12-19-41(33-40)43-26-27-51-49(35-43)55(45-29-36-28-37(31-45)32-46(55)30-36)48-24-10-11-25-50(48)59(51)47-22-8-3-9-23-47/h1-27,33-37,45-46H,28-32H2. The van der Waals surface area contributed by atoms with Crippen LogP contribution in [0.3, 0.4) is 0 Å². The maximum absolute atomic E-state index is 5.03. The number of anilines is 3. The molecule has 5 aliphatic rings. The van der Waals surface area contributed by atoms with E-state index in [1.165, 1.54) is 77.0 Å². The molecule has 7 aromatic carbocycles. The maximum atomic E-state index is 5.03. The molecule has 4 heteroatoms. The van der Waals surface area contributed by atoms with Gasteiger partial charge < -0.3 is 4.90 Å². The van der Waals surface area contributed by atoms with Gasteiger partial charge >= 0.3 is 0 Å². The summed E-state index contributed by atoms with van der Waals surface area (Å²) in [5.41, 5.74) is 14.7. The van der Waals surface area contributed by atoms with Crippen LogP contribution in [0.5, 0.6) is 0 Å². The third-order valence-corrected chi connectivity index (χ3v) is 14.1. The van der Waals surface area contributed by atoms with Gasteiger partial charge in [-0.25, -0.2) is 15.0 Å². The summed E-state index contributed by atoms with van der Waals surface area (Å²) in [4.78, 5) is 17.5. The molecular formula is C55H44N4. The lowest BCUT2D eigenvalue weighted by atomic mass is 9.41. The van der Waals surface area contributed by atoms with Gasteiger partial charge in [-0.3, -0.25) is 0 Å². The molecule has 1 aliphatic heterocycles. The van der Waals surface area contributed by atoms with Crippen molar-refractivity contribution < 1.29 is 0 Å². The molecule has 59 heavy (non-hydrogen) atoms. The number of hydrogen-bond acceptors (Lipinski definition) is 4. The topological polar surface area (TPSA) is 41.9 Å². The molecule has 4 aliphatic carbocycles. The number of aromatic nitrogens is 3. The monoisotopic (exact) mass is 760 g/mol. The first-order valence-corrected chi connectivity index (χ1v) is 21.4. The van der Waals surface area contributed by atoms with Crippen molar-refractivity contribution in [1.29, 1.82) is 0 Å². The highest BCUT2D eigenvalue weighted by molar-refractivity contribution is 5.89. The molecule has 0 amide bonds. The summed E-state index contributed by atoms with van der Waals surface area (Å²) >= 11 is 0. The van der Waals surface area contributed by atoms with E-state index in [2.05, 4.69) is 150 Å². The van der Waals surface area contributed by atoms with Crippen LogP contribution in [-0.4, -0.2) is 15.0 Å². The highest BCUT2D eigenvalue weighted by Gasteiger charge is 2.61. The maximum Gasteiger partial charge on any atom is 0.164 e. The van der Waals surface area contributed by atoms with E-state index in [9.17, 15) is 0 Å². The lowest BCUT2D eigenvalue weighted by Crippen LogP contribution is -2.57. The van der Waals surface area contributed by atoms with Crippen LogP contribution in [0, 0.1) is 23.7 Å². The van der Waals surface area contributed by atoms with E-state index in [4.69, 9.17) is 15.0 Å². The number of para-hydroxylation sites is 2. The third-order valence-electron chi connectivity index (χ3n) is 14.1. The molecule has 0 radical (unpaired) electrons. The quantitative estimate of drug-likeness (QED) is 0.169. The van der Waals surface area contributed by atoms with Gasteiger partial charge in [0.2, 0.25) is 0 Å². The van der Waals surface area contributed by atoms with Gasteiger partial charge in [0.15, 0.2) is 17.5 Å². The number of nitrogens with zero attached hydrogens (tertiary/aromatic N) is 4. The second kappa shape index (κ2) is 13.7. The molecule has 13 rings (SSSR count). The molecule has 0 saturated heterocycles. The van der Waals surface area contributed by atoms with Crippen molar-refractivity contribution in [3.63, 3.8) is 0 Å². The average molecular weight is 761 g/mol. The Labute approximate surface area is 346 Å². The summed E-state index contributed by atoms with van der Waals surface area (Å²) in [7, 11) is 0. The molecule has 4 bridgehead atoms. The van der Waals surface area contributed by atoms with Crippen LogP contribution in [0.15, 0.2) is 182 Å². The van der Waals surface area contributed by atoms with Crippen molar-refractivity contribution >= 4 is 17.1 Å². The summed E-state index contributed by atoms with van der Waals surface area (Å²) in [6, 6.07) is 65.9. The van der Waals surface area contributed by atoms with E-state index in [1.54, 1.807) is 0 Å². The van der Waals surface area contributed by atoms with Gasteiger partial charge in [-0.1, -0.05) is 140 Å². The number of fused-ring (bicyclic) bond motifs is 2. The minimum atomic E-state index is 0.0221. The van der Waals surface area contributed by atoms with Crippen LogP contribution >= 0.6 is 0 Å². The SMILES string of the molecule is c1ccc(-c2nc(-c3ccccc3)nc(-c3cccc(-c4cccc(-c5ccc6c(c5)C5(c7ccccc7N6c6ccccc6)C6CC7CC(C6)CC5C7)c4)c3)n2)cc1. The fraction of sp³-hybridized carbons (Fsp3) is 0.182. The van der Waals surface area contributed by atoms with Gasteiger partial charge in [0.05, 0.1) is 11.4 Å². The molecule has 1 aromatic heterocycles. The molecule has 4 fully saturated rings. The number of benzene rings is 7. The van der Waals surface area contributed by atoms with Crippen molar-refractivity contribution in [3.8, 4) is 56.4 Å². The van der Waals surface area contributed by atoms with Gasteiger partial charge in [0.25, 0.3) is 0 Å². The Kier molecular flexibility index (Phi) is 8.01. The van der Waals surface area contributed by atoms with Crippen LogP contribution in [-0.2, 0) is 5.41 Å². The minimum absolute atomic E-state index is 0.0221. The molecule has 0 atom stereocenters. The van der Waals surface area contributed by atoms with Crippen LogP contribution < -0.4 is 4.90 Å². The molecule has 4 nitrogen and oxygen atoms in total. The predicted octanol–water partition coefficient (Wildman–Crippen LogP) is 13.7. The zero-order valence-corrected chi connectivity index (χ0v) is 33.0. The Hall–Kier alpha value is -6.65. The van der Waals surface area contributed by atoms with Gasteiger partial charge in [-0.15, -0.1) is 0 Å². The van der Waals surface area contributed by atoms with Crippen LogP contribution in [0.1, 0.15) is 43.2 Å². The average Bonchev–Trinajstić information content (AvgIpc) is 3.31. The van der Waals surface area contributed by atoms with Crippen molar-refractivity contribution in [1.82, 2.24) is 15.0 Å². The molecule has 0 unspecified atom stereocenters. The van der Waals surface area contributed by atoms with Gasteiger partial charge in [-0.2, -0.15) is 0 Å². The van der Waals surface area contributed by atoms with Crippen molar-refractivity contribution in [3.05, 3.63) is 193 Å². The summed E-state index contributed by atoms with van der Waals surface area (Å²) in [5, 5.41) is 0. The fourth-order valence-corrected chi connectivity index (χ4v) is 11.9. The van der Waals surface area contributed by atoms with Crippen LogP contribution in [0.25, 0.3) is 56.4 Å². The minimum Gasteiger partial charge on any atom is -0.310 e. The molecular weight excluding hydrogens is 717 g/mol. The van der Waals surface area contributed by atoms with E-state index < -0.39 is 0 Å². The predicted molar refractivity (Wildman–Crippen MR) is 240 cm³/mol. The zero-order chi connectivity index (χ0) is 38.9. The third kappa shape index (κ3) is 5.61. The molecule has 0 N–H and O–H groups in total. The van der Waals surface area contributed by atoms with Gasteiger partial charge in [-0.05, 0) is 132 Å². The largest absolute Gasteiger partial charge is 0.310 e. The summed E-state index contributed by atoms with van der Waals surface area (Å²) in [6.45, 7) is 0. The Morgan fingerprint density at radius 1 is 0.356 bits per heavy atom. The second-order valence-corrected chi connectivity index (χ2v) is 17.3. The first-order chi connectivity index (χ1) is 29.2. The normalized spacial score (nSPS) is 22.3. The van der Waals surface area contributed by atoms with E-state index in [1.807, 2.05) is 36.4 Å². The van der Waals surface area contributed by atoms with Crippen molar-refractivity contribution in [2.45, 2.75) is 37.5 Å². The number of hydrogen-bond donors (Lipinski definition) is 0. The highest BCUT2D eigenvalue weighted by atomic mass is 15.2. The van der Waals surface area contributed by atoms with E-state index in [0.29, 0.717) is 29.3 Å². The first-order valence-electron chi connectivity index (χ1n) is 21.4. The number of rotatable bonds is 6. The first kappa shape index (κ1) is 34.4. The highest BCUT2D eigenvalue weighted by Crippen LogP contribution is 2.69. The van der Waals surface area contributed by atoms with Crippen LogP contribution in [0.2, 0.25) is 0 Å². The Balaban J connectivity index is 0.971. The second-order valence-electron chi connectivity index (χ2n) is 17.3. The van der Waals surface area contributed by atoms with Gasteiger partial charge in [0.1, 0.15) is 0 Å². The van der Waals surface area contributed by atoms with Crippen molar-refractivity contribution in [2.24, 2.45) is 23.7 Å². The Bertz CT molecular complexity index is 2760. The fourth-order valence-electron chi connectivity index (χ4n) is 11.9. The Morgan fingerprint density at radius 3 is 1.39 bits per heavy atom. The smallest absolute Gasteiger partial charge is 0.164 e. The summed E-state index contributed by atoms with van der Waals surface area (Å²) in [6.07, 6.45) is 6.84. The summed E-state index contributed by atoms with van der Waals surface area (Å²) < 4.78 is 0. The van der Waals surface area contributed by atoms with Crippen molar-refractivity contribution in [2.75, 3.05) is 4.90 Å².